The number of hydrogen-bond donors (Lipinski definition) is 1. The Morgan fingerprint density at radius 3 is 2.52 bits per heavy atom. The summed E-state index contributed by atoms with van der Waals surface area (Å²) in [4.78, 5) is 3.89. The van der Waals surface area contributed by atoms with Crippen molar-refractivity contribution in [2.45, 2.75) is 20.0 Å². The van der Waals surface area contributed by atoms with Crippen molar-refractivity contribution in [3.8, 4) is 11.5 Å². The van der Waals surface area contributed by atoms with Crippen molar-refractivity contribution >= 4 is 0 Å². The lowest BCUT2D eigenvalue weighted by molar-refractivity contribution is 0.208. The highest BCUT2D eigenvalue weighted by molar-refractivity contribution is 5.45. The molecule has 0 amide bonds. The van der Waals surface area contributed by atoms with Crippen LogP contribution >= 0.6 is 0 Å². The third-order valence-corrected chi connectivity index (χ3v) is 2.93. The Labute approximate surface area is 123 Å². The zero-order chi connectivity index (χ0) is 15.2. The van der Waals surface area contributed by atoms with E-state index in [1.165, 1.54) is 18.3 Å². The summed E-state index contributed by atoms with van der Waals surface area (Å²) in [6.45, 7) is 4.72. The van der Waals surface area contributed by atoms with E-state index in [1.807, 2.05) is 13.8 Å². The Kier molecular flexibility index (Phi) is 5.11. The quantitative estimate of drug-likeness (QED) is 0.888. The molecule has 21 heavy (non-hydrogen) atoms. The van der Waals surface area contributed by atoms with Crippen LogP contribution in [-0.2, 0) is 0 Å². The molecule has 0 saturated heterocycles. The molecule has 1 aromatic heterocycles. The maximum atomic E-state index is 13.7. The lowest BCUT2D eigenvalue weighted by Crippen LogP contribution is -2.06. The molecule has 0 fully saturated rings. The fourth-order valence-corrected chi connectivity index (χ4v) is 1.99. The third kappa shape index (κ3) is 3.49. The van der Waals surface area contributed by atoms with E-state index in [0.717, 1.165) is 0 Å². The Bertz CT molecular complexity index is 604. The minimum atomic E-state index is -1.15. The SMILES string of the molecule is CCOc1ccc(C(O)c2ncccc2F)cc1OCC. The average molecular weight is 291 g/mol. The molecule has 0 saturated carbocycles. The lowest BCUT2D eigenvalue weighted by atomic mass is 10.0. The number of aliphatic hydroxyl groups is 1. The molecule has 0 spiro atoms. The molecular weight excluding hydrogens is 273 g/mol. The van der Waals surface area contributed by atoms with Crippen molar-refractivity contribution in [1.82, 2.24) is 4.98 Å². The van der Waals surface area contributed by atoms with Crippen LogP contribution in [0.2, 0.25) is 0 Å². The van der Waals surface area contributed by atoms with Gasteiger partial charge in [-0.2, -0.15) is 0 Å². The van der Waals surface area contributed by atoms with Gasteiger partial charge in [0.05, 0.1) is 13.2 Å². The van der Waals surface area contributed by atoms with E-state index in [9.17, 15) is 9.50 Å². The van der Waals surface area contributed by atoms with Gasteiger partial charge in [0.1, 0.15) is 17.6 Å². The number of halogens is 1. The number of nitrogens with zero attached hydrogens (tertiary/aromatic N) is 1. The minimum Gasteiger partial charge on any atom is -0.490 e. The van der Waals surface area contributed by atoms with Crippen LogP contribution in [0.3, 0.4) is 0 Å². The van der Waals surface area contributed by atoms with Crippen LogP contribution < -0.4 is 9.47 Å². The lowest BCUT2D eigenvalue weighted by Gasteiger charge is -2.15. The number of hydrogen-bond acceptors (Lipinski definition) is 4. The van der Waals surface area contributed by atoms with E-state index in [0.29, 0.717) is 30.3 Å². The minimum absolute atomic E-state index is 0.0101. The number of rotatable bonds is 6. The summed E-state index contributed by atoms with van der Waals surface area (Å²) < 4.78 is 24.6. The summed E-state index contributed by atoms with van der Waals surface area (Å²) in [5, 5.41) is 10.3. The van der Waals surface area contributed by atoms with Gasteiger partial charge in [-0.25, -0.2) is 4.39 Å². The van der Waals surface area contributed by atoms with Gasteiger partial charge >= 0.3 is 0 Å². The molecule has 1 heterocycles. The van der Waals surface area contributed by atoms with Gasteiger partial charge in [-0.15, -0.1) is 0 Å². The van der Waals surface area contributed by atoms with E-state index in [2.05, 4.69) is 4.98 Å². The first-order chi connectivity index (χ1) is 10.2. The first-order valence-electron chi connectivity index (χ1n) is 6.85. The van der Waals surface area contributed by atoms with Gasteiger partial charge in [0, 0.05) is 6.20 Å². The summed E-state index contributed by atoms with van der Waals surface area (Å²) in [5.74, 6) is 0.570. The summed E-state index contributed by atoms with van der Waals surface area (Å²) >= 11 is 0. The van der Waals surface area contributed by atoms with Crippen molar-refractivity contribution in [2.75, 3.05) is 13.2 Å². The molecule has 0 bridgehead atoms. The van der Waals surface area contributed by atoms with Gasteiger partial charge in [0.25, 0.3) is 0 Å². The maximum Gasteiger partial charge on any atom is 0.161 e. The number of pyridine rings is 1. The molecule has 0 radical (unpaired) electrons. The zero-order valence-corrected chi connectivity index (χ0v) is 12.0. The third-order valence-electron chi connectivity index (χ3n) is 2.93. The Hall–Kier alpha value is -2.14. The van der Waals surface area contributed by atoms with Crippen molar-refractivity contribution in [3.63, 3.8) is 0 Å². The second-order valence-electron chi connectivity index (χ2n) is 4.35. The highest BCUT2D eigenvalue weighted by Crippen LogP contribution is 2.32. The van der Waals surface area contributed by atoms with E-state index >= 15 is 0 Å². The van der Waals surface area contributed by atoms with Crippen LogP contribution in [0.15, 0.2) is 36.5 Å². The van der Waals surface area contributed by atoms with E-state index in [-0.39, 0.29) is 5.69 Å². The van der Waals surface area contributed by atoms with Gasteiger partial charge in [-0.3, -0.25) is 4.98 Å². The molecule has 2 aromatic rings. The second-order valence-corrected chi connectivity index (χ2v) is 4.35. The zero-order valence-electron chi connectivity index (χ0n) is 12.0. The van der Waals surface area contributed by atoms with Gasteiger partial charge < -0.3 is 14.6 Å². The molecule has 1 N–H and O–H groups in total. The van der Waals surface area contributed by atoms with Crippen molar-refractivity contribution in [1.29, 1.82) is 0 Å². The van der Waals surface area contributed by atoms with Crippen molar-refractivity contribution < 1.29 is 19.0 Å². The van der Waals surface area contributed by atoms with Crippen LogP contribution in [0, 0.1) is 5.82 Å². The summed E-state index contributed by atoms with van der Waals surface area (Å²) in [6.07, 6.45) is 0.292. The fourth-order valence-electron chi connectivity index (χ4n) is 1.99. The number of ether oxygens (including phenoxy) is 2. The highest BCUT2D eigenvalue weighted by atomic mass is 19.1. The molecule has 4 nitrogen and oxygen atoms in total. The van der Waals surface area contributed by atoms with E-state index in [4.69, 9.17) is 9.47 Å². The van der Waals surface area contributed by atoms with Crippen molar-refractivity contribution in [3.05, 3.63) is 53.6 Å². The predicted octanol–water partition coefficient (Wildman–Crippen LogP) is 3.10. The maximum absolute atomic E-state index is 13.7. The van der Waals surface area contributed by atoms with Crippen LogP contribution in [0.1, 0.15) is 31.2 Å². The largest absolute Gasteiger partial charge is 0.490 e. The molecule has 1 atom stereocenters. The molecule has 112 valence electrons. The molecule has 1 unspecified atom stereocenters. The normalized spacial score (nSPS) is 12.0. The average Bonchev–Trinajstić information content (AvgIpc) is 2.49. The highest BCUT2D eigenvalue weighted by Gasteiger charge is 2.18. The van der Waals surface area contributed by atoms with Crippen LogP contribution in [0.25, 0.3) is 0 Å². The van der Waals surface area contributed by atoms with E-state index < -0.39 is 11.9 Å². The molecular formula is C16H18FNO3. The summed E-state index contributed by atoms with van der Waals surface area (Å²) in [6, 6.07) is 7.77. The van der Waals surface area contributed by atoms with Gasteiger partial charge in [-0.1, -0.05) is 6.07 Å². The number of benzene rings is 1. The number of aliphatic hydroxyl groups excluding tert-OH is 1. The Morgan fingerprint density at radius 1 is 1.14 bits per heavy atom. The smallest absolute Gasteiger partial charge is 0.161 e. The van der Waals surface area contributed by atoms with Crippen LogP contribution in [0.4, 0.5) is 4.39 Å². The predicted molar refractivity (Wildman–Crippen MR) is 77.0 cm³/mol. The topological polar surface area (TPSA) is 51.6 Å². The molecule has 0 aliphatic carbocycles. The molecule has 1 aromatic carbocycles. The molecule has 5 heteroatoms. The van der Waals surface area contributed by atoms with Crippen LogP contribution in [0.5, 0.6) is 11.5 Å². The fraction of sp³-hybridized carbons (Fsp3) is 0.312. The standard InChI is InChI=1S/C16H18FNO3/c1-3-20-13-8-7-11(10-14(13)21-4-2)16(19)15-12(17)6-5-9-18-15/h5-10,16,19H,3-4H2,1-2H3. The molecule has 2 rings (SSSR count). The first kappa shape index (κ1) is 15.3. The Morgan fingerprint density at radius 2 is 1.86 bits per heavy atom. The number of aromatic nitrogens is 1. The van der Waals surface area contributed by atoms with Crippen molar-refractivity contribution in [2.24, 2.45) is 0 Å². The van der Waals surface area contributed by atoms with Gasteiger partial charge in [-0.05, 0) is 43.7 Å². The van der Waals surface area contributed by atoms with Gasteiger partial charge in [0.2, 0.25) is 0 Å². The van der Waals surface area contributed by atoms with E-state index in [1.54, 1.807) is 18.2 Å². The monoisotopic (exact) mass is 291 g/mol. The van der Waals surface area contributed by atoms with Crippen LogP contribution in [-0.4, -0.2) is 23.3 Å². The molecule has 0 aliphatic heterocycles. The second kappa shape index (κ2) is 7.04. The first-order valence-corrected chi connectivity index (χ1v) is 6.85. The Balaban J connectivity index is 2.35. The van der Waals surface area contributed by atoms with Gasteiger partial charge in [0.15, 0.2) is 11.5 Å². The molecule has 0 aliphatic rings. The summed E-state index contributed by atoms with van der Waals surface area (Å²) in [7, 11) is 0. The summed E-state index contributed by atoms with van der Waals surface area (Å²) in [5.41, 5.74) is 0.489.